The summed E-state index contributed by atoms with van der Waals surface area (Å²) in [6.07, 6.45) is -0.588. The fraction of sp³-hybridized carbons (Fsp3) is 0.188. The number of aliphatic hydroxyl groups is 1. The highest BCUT2D eigenvalue weighted by Crippen LogP contribution is 2.20. The van der Waals surface area contributed by atoms with Gasteiger partial charge in [-0.1, -0.05) is 18.2 Å². The predicted octanol–water partition coefficient (Wildman–Crippen LogP) is 3.01. The lowest BCUT2D eigenvalue weighted by molar-refractivity contribution is 0.102. The van der Waals surface area contributed by atoms with Gasteiger partial charge in [-0.25, -0.2) is 0 Å². The van der Waals surface area contributed by atoms with E-state index in [2.05, 4.69) is 5.32 Å². The van der Waals surface area contributed by atoms with E-state index in [1.165, 1.54) is 6.07 Å². The van der Waals surface area contributed by atoms with Gasteiger partial charge in [-0.3, -0.25) is 4.79 Å². The van der Waals surface area contributed by atoms with Crippen LogP contribution in [0.5, 0.6) is 5.75 Å². The summed E-state index contributed by atoms with van der Waals surface area (Å²) in [5.74, 6) is -0.210. The Morgan fingerprint density at radius 2 is 1.95 bits per heavy atom. The number of hydrogen-bond donors (Lipinski definition) is 3. The van der Waals surface area contributed by atoms with Crippen LogP contribution >= 0.6 is 0 Å². The number of carbonyl (C=O) groups excluding carboxylic acids is 1. The van der Waals surface area contributed by atoms with Crippen molar-refractivity contribution in [2.45, 2.75) is 20.0 Å². The lowest BCUT2D eigenvalue weighted by Gasteiger charge is -2.09. The maximum absolute atomic E-state index is 12.1. The smallest absolute Gasteiger partial charge is 0.255 e. The fourth-order valence-electron chi connectivity index (χ4n) is 1.83. The molecule has 1 amide bonds. The maximum atomic E-state index is 12.1. The lowest BCUT2D eigenvalue weighted by atomic mass is 10.1. The molecule has 0 saturated heterocycles. The second kappa shape index (κ2) is 5.75. The van der Waals surface area contributed by atoms with Gasteiger partial charge in [-0.2, -0.15) is 0 Å². The van der Waals surface area contributed by atoms with Gasteiger partial charge in [0.05, 0.1) is 6.10 Å². The van der Waals surface area contributed by atoms with E-state index in [0.29, 0.717) is 11.3 Å². The van der Waals surface area contributed by atoms with E-state index in [0.717, 1.165) is 11.1 Å². The quantitative estimate of drug-likeness (QED) is 0.803. The summed E-state index contributed by atoms with van der Waals surface area (Å²) in [7, 11) is 0. The van der Waals surface area contributed by atoms with Crippen LogP contribution in [0.1, 0.15) is 34.5 Å². The van der Waals surface area contributed by atoms with Crippen LogP contribution in [0.15, 0.2) is 42.5 Å². The number of amides is 1. The summed E-state index contributed by atoms with van der Waals surface area (Å²) < 4.78 is 0. The average molecular weight is 271 g/mol. The number of nitrogens with one attached hydrogen (secondary N) is 1. The van der Waals surface area contributed by atoms with Crippen molar-refractivity contribution in [2.24, 2.45) is 0 Å². The van der Waals surface area contributed by atoms with Gasteiger partial charge in [0.15, 0.2) is 0 Å². The topological polar surface area (TPSA) is 69.6 Å². The molecule has 4 heteroatoms. The number of aryl methyl sites for hydroxylation is 1. The van der Waals surface area contributed by atoms with Crippen LogP contribution < -0.4 is 5.32 Å². The fourth-order valence-corrected chi connectivity index (χ4v) is 1.83. The van der Waals surface area contributed by atoms with E-state index in [1.807, 2.05) is 0 Å². The normalized spacial score (nSPS) is 11.9. The van der Waals surface area contributed by atoms with Crippen LogP contribution in [0.4, 0.5) is 5.69 Å². The van der Waals surface area contributed by atoms with Crippen LogP contribution in [-0.2, 0) is 0 Å². The molecule has 3 N–H and O–H groups in total. The standard InChI is InChI=1S/C16H17NO3/c1-10-6-7-13(9-15(10)19)16(20)17-14-5-3-4-12(8-14)11(2)18/h3-9,11,18-19H,1-2H3,(H,17,20). The zero-order valence-corrected chi connectivity index (χ0v) is 11.4. The summed E-state index contributed by atoms with van der Waals surface area (Å²) in [4.78, 5) is 12.1. The monoisotopic (exact) mass is 271 g/mol. The largest absolute Gasteiger partial charge is 0.508 e. The number of rotatable bonds is 3. The first-order valence-electron chi connectivity index (χ1n) is 6.36. The highest BCUT2D eigenvalue weighted by atomic mass is 16.3. The molecular weight excluding hydrogens is 254 g/mol. The second-order valence-corrected chi connectivity index (χ2v) is 4.76. The van der Waals surface area contributed by atoms with Crippen molar-refractivity contribution in [1.82, 2.24) is 0 Å². The van der Waals surface area contributed by atoms with Gasteiger partial charge in [0.2, 0.25) is 0 Å². The Bertz CT molecular complexity index is 635. The summed E-state index contributed by atoms with van der Waals surface area (Å²) in [6.45, 7) is 3.43. The molecule has 1 atom stereocenters. The van der Waals surface area contributed by atoms with Crippen molar-refractivity contribution < 1.29 is 15.0 Å². The van der Waals surface area contributed by atoms with Gasteiger partial charge >= 0.3 is 0 Å². The Kier molecular flexibility index (Phi) is 4.05. The minimum Gasteiger partial charge on any atom is -0.508 e. The summed E-state index contributed by atoms with van der Waals surface area (Å²) in [5, 5.41) is 21.9. The molecule has 4 nitrogen and oxygen atoms in total. The number of aromatic hydroxyl groups is 1. The molecule has 0 saturated carbocycles. The van der Waals surface area contributed by atoms with Crippen LogP contribution in [-0.4, -0.2) is 16.1 Å². The van der Waals surface area contributed by atoms with Gasteiger partial charge in [0.25, 0.3) is 5.91 Å². The van der Waals surface area contributed by atoms with Gasteiger partial charge in [-0.05, 0) is 49.2 Å². The summed E-state index contributed by atoms with van der Waals surface area (Å²) in [5.41, 5.74) is 2.44. The lowest BCUT2D eigenvalue weighted by Crippen LogP contribution is -2.12. The zero-order valence-electron chi connectivity index (χ0n) is 11.4. The van der Waals surface area contributed by atoms with E-state index < -0.39 is 6.10 Å². The summed E-state index contributed by atoms with van der Waals surface area (Å²) >= 11 is 0. The highest BCUT2D eigenvalue weighted by molar-refractivity contribution is 6.04. The van der Waals surface area contributed by atoms with E-state index in [-0.39, 0.29) is 11.7 Å². The Morgan fingerprint density at radius 1 is 1.20 bits per heavy atom. The number of benzene rings is 2. The molecule has 104 valence electrons. The van der Waals surface area contributed by atoms with Crippen molar-refractivity contribution in [1.29, 1.82) is 0 Å². The molecule has 2 rings (SSSR count). The first-order chi connectivity index (χ1) is 9.47. The third-order valence-corrected chi connectivity index (χ3v) is 3.10. The van der Waals surface area contributed by atoms with E-state index in [1.54, 1.807) is 50.2 Å². The van der Waals surface area contributed by atoms with Crippen molar-refractivity contribution >= 4 is 11.6 Å². The number of carbonyl (C=O) groups is 1. The summed E-state index contributed by atoms with van der Waals surface area (Å²) in [6, 6.07) is 11.8. The van der Waals surface area contributed by atoms with Crippen molar-refractivity contribution in [3.63, 3.8) is 0 Å². The second-order valence-electron chi connectivity index (χ2n) is 4.76. The molecule has 0 spiro atoms. The molecular formula is C16H17NO3. The van der Waals surface area contributed by atoms with Crippen molar-refractivity contribution in [3.8, 4) is 5.75 Å². The molecule has 0 aromatic heterocycles. The third-order valence-electron chi connectivity index (χ3n) is 3.10. The molecule has 0 aliphatic heterocycles. The number of aliphatic hydroxyl groups excluding tert-OH is 1. The van der Waals surface area contributed by atoms with E-state index in [4.69, 9.17) is 0 Å². The van der Waals surface area contributed by atoms with Crippen molar-refractivity contribution in [3.05, 3.63) is 59.2 Å². The number of hydrogen-bond acceptors (Lipinski definition) is 3. The van der Waals surface area contributed by atoms with Gasteiger partial charge in [0, 0.05) is 11.3 Å². The predicted molar refractivity (Wildman–Crippen MR) is 77.9 cm³/mol. The zero-order chi connectivity index (χ0) is 14.7. The Hall–Kier alpha value is -2.33. The third kappa shape index (κ3) is 3.16. The first kappa shape index (κ1) is 14.1. The van der Waals surface area contributed by atoms with E-state index >= 15 is 0 Å². The number of phenols is 1. The van der Waals surface area contributed by atoms with Crippen LogP contribution in [0.2, 0.25) is 0 Å². The molecule has 2 aromatic rings. The number of phenolic OH excluding ortho intramolecular Hbond substituents is 1. The molecule has 0 aliphatic rings. The molecule has 0 fully saturated rings. The first-order valence-corrected chi connectivity index (χ1v) is 6.36. The van der Waals surface area contributed by atoms with Crippen LogP contribution in [0.3, 0.4) is 0 Å². The molecule has 0 radical (unpaired) electrons. The molecule has 1 unspecified atom stereocenters. The SMILES string of the molecule is Cc1ccc(C(=O)Nc2cccc(C(C)O)c2)cc1O. The minimum absolute atomic E-state index is 0.0929. The Balaban J connectivity index is 2.19. The Labute approximate surface area is 117 Å². The molecule has 2 aromatic carbocycles. The molecule has 0 bridgehead atoms. The molecule has 0 aliphatic carbocycles. The maximum Gasteiger partial charge on any atom is 0.255 e. The van der Waals surface area contributed by atoms with Crippen LogP contribution in [0, 0.1) is 6.92 Å². The van der Waals surface area contributed by atoms with Gasteiger partial charge in [0.1, 0.15) is 5.75 Å². The van der Waals surface area contributed by atoms with E-state index in [9.17, 15) is 15.0 Å². The highest BCUT2D eigenvalue weighted by Gasteiger charge is 2.09. The number of anilines is 1. The Morgan fingerprint density at radius 3 is 2.60 bits per heavy atom. The molecule has 0 heterocycles. The average Bonchev–Trinajstić information content (AvgIpc) is 2.42. The van der Waals surface area contributed by atoms with Crippen LogP contribution in [0.25, 0.3) is 0 Å². The van der Waals surface area contributed by atoms with Gasteiger partial charge < -0.3 is 15.5 Å². The molecule has 20 heavy (non-hydrogen) atoms. The van der Waals surface area contributed by atoms with Gasteiger partial charge in [-0.15, -0.1) is 0 Å². The van der Waals surface area contributed by atoms with Crippen molar-refractivity contribution in [2.75, 3.05) is 5.32 Å². The minimum atomic E-state index is -0.588.